The Labute approximate surface area is 116 Å². The minimum absolute atomic E-state index is 0.363. The van der Waals surface area contributed by atoms with Gasteiger partial charge in [0.1, 0.15) is 0 Å². The van der Waals surface area contributed by atoms with Crippen molar-refractivity contribution in [1.29, 1.82) is 0 Å². The Hall–Kier alpha value is -2.63. The zero-order chi connectivity index (χ0) is 14.6. The van der Waals surface area contributed by atoms with Crippen LogP contribution in [0.25, 0.3) is 5.70 Å². The third kappa shape index (κ3) is 2.40. The number of hydrogen-bond donors (Lipinski definition) is 3. The van der Waals surface area contributed by atoms with E-state index in [1.165, 1.54) is 18.4 Å². The van der Waals surface area contributed by atoms with Gasteiger partial charge in [-0.2, -0.15) is 0 Å². The monoisotopic (exact) mass is 273 g/mol. The maximum absolute atomic E-state index is 12.1. The number of aromatic nitrogens is 1. The molecule has 0 radical (unpaired) electrons. The Morgan fingerprint density at radius 1 is 1.45 bits per heavy atom. The molecule has 0 aromatic carbocycles. The van der Waals surface area contributed by atoms with E-state index in [9.17, 15) is 14.7 Å². The molecule has 2 rings (SSSR count). The molecule has 1 aliphatic heterocycles. The van der Waals surface area contributed by atoms with Gasteiger partial charge in [-0.15, -0.1) is 0 Å². The van der Waals surface area contributed by atoms with Crippen molar-refractivity contribution in [2.75, 3.05) is 6.54 Å². The van der Waals surface area contributed by atoms with Crippen LogP contribution in [0.4, 0.5) is 0 Å². The van der Waals surface area contributed by atoms with Crippen molar-refractivity contribution in [2.45, 2.75) is 6.92 Å². The Morgan fingerprint density at radius 2 is 2.25 bits per heavy atom. The van der Waals surface area contributed by atoms with Crippen LogP contribution in [0, 0.1) is 5.41 Å². The van der Waals surface area contributed by atoms with Gasteiger partial charge in [0.05, 0.1) is 11.4 Å². The van der Waals surface area contributed by atoms with E-state index >= 15 is 0 Å². The number of carbonyl (C=O) groups excluding carboxylic acids is 1. The second-order valence-electron chi connectivity index (χ2n) is 4.28. The van der Waals surface area contributed by atoms with E-state index in [1.54, 1.807) is 31.3 Å². The topological polar surface area (TPSA) is 91.3 Å². The van der Waals surface area contributed by atoms with Crippen molar-refractivity contribution in [3.05, 3.63) is 48.4 Å². The summed E-state index contributed by atoms with van der Waals surface area (Å²) in [5.41, 5.74) is -0.651. The summed E-state index contributed by atoms with van der Waals surface area (Å²) in [6.45, 7) is 2.10. The van der Waals surface area contributed by atoms with Gasteiger partial charge < -0.3 is 15.7 Å². The number of carboxylic acid groups (broad SMARTS) is 1. The average molecular weight is 273 g/mol. The van der Waals surface area contributed by atoms with Crippen LogP contribution in [-0.2, 0) is 9.59 Å². The highest BCUT2D eigenvalue weighted by molar-refractivity contribution is 6.07. The predicted molar refractivity (Wildman–Crippen MR) is 73.2 cm³/mol. The van der Waals surface area contributed by atoms with Gasteiger partial charge in [-0.1, -0.05) is 6.07 Å². The average Bonchev–Trinajstić information content (AvgIpc) is 2.48. The Bertz CT molecular complexity index is 581. The van der Waals surface area contributed by atoms with Crippen molar-refractivity contribution in [2.24, 2.45) is 5.41 Å². The number of carboxylic acids is 1. The first-order valence-corrected chi connectivity index (χ1v) is 6.20. The van der Waals surface area contributed by atoms with Crippen LogP contribution < -0.4 is 10.6 Å². The van der Waals surface area contributed by atoms with Crippen LogP contribution in [0.5, 0.6) is 0 Å². The molecule has 1 aromatic rings. The van der Waals surface area contributed by atoms with Crippen molar-refractivity contribution in [3.8, 4) is 0 Å². The standard InChI is InChI=1S/C14H15N3O3/c1-2-15-12(18)14(13(19)20)6-8-17-11(9-14)10-5-3-4-7-16-10/h3-9,17H,2H2,1H3,(H,15,18)(H,19,20). The summed E-state index contributed by atoms with van der Waals surface area (Å²) in [4.78, 5) is 27.8. The maximum atomic E-state index is 12.1. The number of nitrogens with one attached hydrogen (secondary N) is 2. The smallest absolute Gasteiger partial charge is 0.327 e. The highest BCUT2D eigenvalue weighted by atomic mass is 16.4. The fourth-order valence-corrected chi connectivity index (χ4v) is 1.93. The molecule has 6 heteroatoms. The number of amides is 1. The van der Waals surface area contributed by atoms with Crippen LogP contribution in [0.2, 0.25) is 0 Å². The summed E-state index contributed by atoms with van der Waals surface area (Å²) in [5, 5.41) is 14.9. The van der Waals surface area contributed by atoms with Crippen LogP contribution >= 0.6 is 0 Å². The molecule has 6 nitrogen and oxygen atoms in total. The van der Waals surface area contributed by atoms with Gasteiger partial charge in [0.2, 0.25) is 5.91 Å². The normalized spacial score (nSPS) is 20.8. The molecule has 2 heterocycles. The number of carbonyl (C=O) groups is 2. The van der Waals surface area contributed by atoms with Crippen LogP contribution in [-0.4, -0.2) is 28.5 Å². The number of pyridine rings is 1. The van der Waals surface area contributed by atoms with E-state index in [-0.39, 0.29) is 0 Å². The van der Waals surface area contributed by atoms with E-state index in [4.69, 9.17) is 0 Å². The van der Waals surface area contributed by atoms with E-state index in [0.717, 1.165) is 0 Å². The van der Waals surface area contributed by atoms with E-state index < -0.39 is 17.3 Å². The van der Waals surface area contributed by atoms with Crippen molar-refractivity contribution in [1.82, 2.24) is 15.6 Å². The number of aliphatic carboxylic acids is 1. The molecule has 0 spiro atoms. The Morgan fingerprint density at radius 3 is 2.85 bits per heavy atom. The fourth-order valence-electron chi connectivity index (χ4n) is 1.93. The lowest BCUT2D eigenvalue weighted by Gasteiger charge is -2.26. The lowest BCUT2D eigenvalue weighted by molar-refractivity contribution is -0.149. The first-order chi connectivity index (χ1) is 9.60. The summed E-state index contributed by atoms with van der Waals surface area (Å²) < 4.78 is 0. The van der Waals surface area contributed by atoms with Crippen molar-refractivity contribution < 1.29 is 14.7 Å². The zero-order valence-electron chi connectivity index (χ0n) is 11.0. The quantitative estimate of drug-likeness (QED) is 0.704. The second kappa shape index (κ2) is 5.56. The predicted octanol–water partition coefficient (Wildman–Crippen LogP) is 0.746. The first kappa shape index (κ1) is 13.8. The molecule has 1 aromatic heterocycles. The third-order valence-corrected chi connectivity index (χ3v) is 2.96. The van der Waals surface area contributed by atoms with Crippen molar-refractivity contribution in [3.63, 3.8) is 0 Å². The molecule has 0 saturated carbocycles. The fraction of sp³-hybridized carbons (Fsp3) is 0.214. The Balaban J connectivity index is 2.45. The SMILES string of the molecule is CCNC(=O)C1(C(=O)O)C=CNC(c2ccccn2)=C1. The molecular weight excluding hydrogens is 258 g/mol. The maximum Gasteiger partial charge on any atom is 0.327 e. The molecule has 1 amide bonds. The Kier molecular flexibility index (Phi) is 3.84. The van der Waals surface area contributed by atoms with Gasteiger partial charge in [-0.25, -0.2) is 0 Å². The molecule has 1 unspecified atom stereocenters. The largest absolute Gasteiger partial charge is 0.480 e. The molecule has 0 fully saturated rings. The van der Waals surface area contributed by atoms with Gasteiger partial charge in [0.25, 0.3) is 0 Å². The summed E-state index contributed by atoms with van der Waals surface area (Å²) in [7, 11) is 0. The zero-order valence-corrected chi connectivity index (χ0v) is 11.0. The summed E-state index contributed by atoms with van der Waals surface area (Å²) in [6.07, 6.45) is 5.76. The van der Waals surface area contributed by atoms with Gasteiger partial charge in [-0.05, 0) is 37.4 Å². The molecule has 104 valence electrons. The molecule has 0 saturated heterocycles. The van der Waals surface area contributed by atoms with Crippen molar-refractivity contribution >= 4 is 17.6 Å². The lowest BCUT2D eigenvalue weighted by atomic mass is 9.84. The number of rotatable bonds is 4. The summed E-state index contributed by atoms with van der Waals surface area (Å²) >= 11 is 0. The molecule has 20 heavy (non-hydrogen) atoms. The molecule has 1 aliphatic rings. The summed E-state index contributed by atoms with van der Waals surface area (Å²) in [5.74, 6) is -1.80. The first-order valence-electron chi connectivity index (χ1n) is 6.20. The van der Waals surface area contributed by atoms with Gasteiger partial charge in [0.15, 0.2) is 5.41 Å². The molecule has 3 N–H and O–H groups in total. The molecular formula is C14H15N3O3. The minimum atomic E-state index is -1.71. The highest BCUT2D eigenvalue weighted by Crippen LogP contribution is 2.29. The molecule has 0 bridgehead atoms. The molecule has 0 aliphatic carbocycles. The summed E-state index contributed by atoms with van der Waals surface area (Å²) in [6, 6.07) is 5.29. The lowest BCUT2D eigenvalue weighted by Crippen LogP contribution is -2.45. The van der Waals surface area contributed by atoms with Crippen LogP contribution in [0.3, 0.4) is 0 Å². The number of nitrogens with zero attached hydrogens (tertiary/aromatic N) is 1. The van der Waals surface area contributed by atoms with Gasteiger partial charge in [-0.3, -0.25) is 14.6 Å². The number of hydrogen-bond acceptors (Lipinski definition) is 4. The van der Waals surface area contributed by atoms with Crippen LogP contribution in [0.15, 0.2) is 42.7 Å². The van der Waals surface area contributed by atoms with E-state index in [0.29, 0.717) is 17.9 Å². The van der Waals surface area contributed by atoms with E-state index in [2.05, 4.69) is 15.6 Å². The second-order valence-corrected chi connectivity index (χ2v) is 4.28. The highest BCUT2D eigenvalue weighted by Gasteiger charge is 2.43. The van der Waals surface area contributed by atoms with E-state index in [1.807, 2.05) is 0 Å². The minimum Gasteiger partial charge on any atom is -0.480 e. The van der Waals surface area contributed by atoms with Gasteiger partial charge >= 0.3 is 5.97 Å². The number of dihydropyridines is 1. The molecule has 1 atom stereocenters. The van der Waals surface area contributed by atoms with Gasteiger partial charge in [0, 0.05) is 12.7 Å². The third-order valence-electron chi connectivity index (χ3n) is 2.96. The van der Waals surface area contributed by atoms with Crippen LogP contribution in [0.1, 0.15) is 12.6 Å².